The third-order valence-corrected chi connectivity index (χ3v) is 5.21. The number of anilines is 2. The largest absolute Gasteiger partial charge is 0.493 e. The Hall–Kier alpha value is -3.07. The van der Waals surface area contributed by atoms with E-state index in [0.717, 1.165) is 36.3 Å². The fourth-order valence-electron chi connectivity index (χ4n) is 3.70. The number of ether oxygens (including phenoxy) is 2. The fraction of sp³-hybridized carbons (Fsp3) is 0.364. The Bertz CT molecular complexity index is 1000. The number of carbonyl (C=O) groups is 2. The van der Waals surface area contributed by atoms with Crippen LogP contribution in [0.3, 0.4) is 0 Å². The summed E-state index contributed by atoms with van der Waals surface area (Å²) in [7, 11) is 0. The van der Waals surface area contributed by atoms with Crippen molar-refractivity contribution in [2.75, 3.05) is 23.8 Å². The molecule has 31 heavy (non-hydrogen) atoms. The van der Waals surface area contributed by atoms with Gasteiger partial charge in [-0.05, 0) is 48.2 Å². The van der Waals surface area contributed by atoms with E-state index < -0.39 is 29.7 Å². The second-order valence-electron chi connectivity index (χ2n) is 7.51. The van der Waals surface area contributed by atoms with Gasteiger partial charge in [0.1, 0.15) is 11.9 Å². The number of hydrogen-bond donors (Lipinski definition) is 2. The normalized spacial score (nSPS) is 17.7. The monoisotopic (exact) mass is 434 g/mol. The Balaban J connectivity index is 1.47. The molecule has 164 valence electrons. The summed E-state index contributed by atoms with van der Waals surface area (Å²) in [5.41, 5.74) is 0.262. The minimum absolute atomic E-state index is 0.00977. The number of alkyl halides is 3. The van der Waals surface area contributed by atoms with Gasteiger partial charge in [0, 0.05) is 18.7 Å². The molecule has 2 amide bonds. The highest BCUT2D eigenvalue weighted by Gasteiger charge is 2.35. The molecule has 9 heteroatoms. The zero-order valence-corrected chi connectivity index (χ0v) is 16.6. The lowest BCUT2D eigenvalue weighted by atomic mass is 10.1. The van der Waals surface area contributed by atoms with Gasteiger partial charge in [0.25, 0.3) is 5.91 Å². The van der Waals surface area contributed by atoms with Crippen molar-refractivity contribution in [3.63, 3.8) is 0 Å². The van der Waals surface area contributed by atoms with Crippen molar-refractivity contribution in [3.8, 4) is 5.75 Å². The molecule has 2 aromatic rings. The van der Waals surface area contributed by atoms with E-state index in [4.69, 9.17) is 9.47 Å². The van der Waals surface area contributed by atoms with Crippen molar-refractivity contribution < 1.29 is 32.2 Å². The third kappa shape index (κ3) is 4.99. The van der Waals surface area contributed by atoms with Crippen LogP contribution in [0.25, 0.3) is 0 Å². The number of hydrogen-bond acceptors (Lipinski definition) is 4. The second kappa shape index (κ2) is 8.58. The predicted molar refractivity (Wildman–Crippen MR) is 107 cm³/mol. The molecule has 1 atom stereocenters. The first-order valence-corrected chi connectivity index (χ1v) is 9.98. The van der Waals surface area contributed by atoms with Crippen molar-refractivity contribution in [1.82, 2.24) is 0 Å². The molecule has 2 aliphatic rings. The van der Waals surface area contributed by atoms with Crippen LogP contribution >= 0.6 is 0 Å². The molecule has 1 saturated heterocycles. The van der Waals surface area contributed by atoms with E-state index in [1.807, 2.05) is 6.07 Å². The second-order valence-corrected chi connectivity index (χ2v) is 7.51. The molecule has 2 aromatic carbocycles. The quantitative estimate of drug-likeness (QED) is 0.748. The minimum Gasteiger partial charge on any atom is -0.493 e. The van der Waals surface area contributed by atoms with Crippen molar-refractivity contribution in [3.05, 3.63) is 53.1 Å². The number of benzene rings is 2. The SMILES string of the molecule is O=C(Cc1ccc2c(c1)CCO2)Nc1ccc(NC(=O)C2CCCO2)cc1C(F)(F)F. The molecule has 2 aliphatic heterocycles. The van der Waals surface area contributed by atoms with Gasteiger partial charge in [0.15, 0.2) is 0 Å². The van der Waals surface area contributed by atoms with Crippen LogP contribution in [0, 0.1) is 0 Å². The lowest BCUT2D eigenvalue weighted by molar-refractivity contribution is -0.137. The topological polar surface area (TPSA) is 76.7 Å². The van der Waals surface area contributed by atoms with Crippen LogP contribution in [-0.4, -0.2) is 31.1 Å². The minimum atomic E-state index is -4.71. The number of rotatable bonds is 5. The van der Waals surface area contributed by atoms with Crippen molar-refractivity contribution in [2.45, 2.75) is 38.0 Å². The summed E-state index contributed by atoms with van der Waals surface area (Å²) in [6, 6.07) is 8.59. The molecule has 0 bridgehead atoms. The zero-order chi connectivity index (χ0) is 22.0. The number of amides is 2. The molecule has 0 aromatic heterocycles. The van der Waals surface area contributed by atoms with Gasteiger partial charge in [-0.2, -0.15) is 13.2 Å². The zero-order valence-electron chi connectivity index (χ0n) is 16.6. The van der Waals surface area contributed by atoms with E-state index in [1.54, 1.807) is 12.1 Å². The van der Waals surface area contributed by atoms with Crippen LogP contribution in [0.4, 0.5) is 24.5 Å². The predicted octanol–water partition coefficient (Wildman–Crippen LogP) is 3.94. The molecule has 0 saturated carbocycles. The van der Waals surface area contributed by atoms with E-state index in [1.165, 1.54) is 6.07 Å². The Morgan fingerprint density at radius 2 is 1.90 bits per heavy atom. The van der Waals surface area contributed by atoms with E-state index in [-0.39, 0.29) is 17.8 Å². The number of carbonyl (C=O) groups excluding carboxylic acids is 2. The van der Waals surface area contributed by atoms with Gasteiger partial charge in [-0.3, -0.25) is 9.59 Å². The van der Waals surface area contributed by atoms with Gasteiger partial charge in [-0.1, -0.05) is 12.1 Å². The van der Waals surface area contributed by atoms with E-state index >= 15 is 0 Å². The first-order chi connectivity index (χ1) is 14.8. The van der Waals surface area contributed by atoms with Crippen LogP contribution in [0.1, 0.15) is 29.5 Å². The van der Waals surface area contributed by atoms with Gasteiger partial charge in [-0.25, -0.2) is 0 Å². The number of nitrogens with one attached hydrogen (secondary N) is 2. The first-order valence-electron chi connectivity index (χ1n) is 9.98. The van der Waals surface area contributed by atoms with E-state index in [2.05, 4.69) is 10.6 Å². The van der Waals surface area contributed by atoms with Gasteiger partial charge in [0.05, 0.1) is 24.3 Å². The molecule has 0 radical (unpaired) electrons. The average Bonchev–Trinajstić information content (AvgIpc) is 3.39. The summed E-state index contributed by atoms with van der Waals surface area (Å²) in [5.74, 6) is -0.285. The fourth-order valence-corrected chi connectivity index (χ4v) is 3.70. The lowest BCUT2D eigenvalue weighted by Crippen LogP contribution is -2.27. The van der Waals surface area contributed by atoms with Crippen LogP contribution in [0.2, 0.25) is 0 Å². The van der Waals surface area contributed by atoms with Crippen molar-refractivity contribution in [1.29, 1.82) is 0 Å². The van der Waals surface area contributed by atoms with Gasteiger partial charge >= 0.3 is 6.18 Å². The third-order valence-electron chi connectivity index (χ3n) is 5.21. The molecule has 4 rings (SSSR count). The highest BCUT2D eigenvalue weighted by molar-refractivity contribution is 5.96. The Morgan fingerprint density at radius 1 is 1.06 bits per heavy atom. The molecule has 1 fully saturated rings. The molecular weight excluding hydrogens is 413 g/mol. The first kappa shape index (κ1) is 21.2. The number of fused-ring (bicyclic) bond motifs is 1. The molecule has 6 nitrogen and oxygen atoms in total. The Morgan fingerprint density at radius 3 is 2.65 bits per heavy atom. The van der Waals surface area contributed by atoms with Crippen LogP contribution in [-0.2, 0) is 33.3 Å². The van der Waals surface area contributed by atoms with Crippen LogP contribution in [0.5, 0.6) is 5.75 Å². The maximum atomic E-state index is 13.6. The summed E-state index contributed by atoms with van der Waals surface area (Å²) in [6.45, 7) is 1.03. The smallest absolute Gasteiger partial charge is 0.418 e. The molecule has 2 heterocycles. The maximum absolute atomic E-state index is 13.6. The highest BCUT2D eigenvalue weighted by Crippen LogP contribution is 2.37. The van der Waals surface area contributed by atoms with Crippen LogP contribution < -0.4 is 15.4 Å². The summed E-state index contributed by atoms with van der Waals surface area (Å²) in [4.78, 5) is 24.5. The van der Waals surface area contributed by atoms with Gasteiger partial charge in [0.2, 0.25) is 5.91 Å². The molecular formula is C22H21F3N2O4. The van der Waals surface area contributed by atoms with Gasteiger partial charge in [-0.15, -0.1) is 0 Å². The molecule has 0 aliphatic carbocycles. The maximum Gasteiger partial charge on any atom is 0.418 e. The van der Waals surface area contributed by atoms with Crippen molar-refractivity contribution >= 4 is 23.2 Å². The van der Waals surface area contributed by atoms with E-state index in [0.29, 0.717) is 25.2 Å². The Labute approximate surface area is 176 Å². The lowest BCUT2D eigenvalue weighted by Gasteiger charge is -2.17. The number of halogens is 3. The summed E-state index contributed by atoms with van der Waals surface area (Å²) < 4.78 is 51.4. The standard InChI is InChI=1S/C22H21F3N2O4/c23-22(24,25)16-12-15(26-21(29)19-2-1-8-30-19)4-5-17(16)27-20(28)11-13-3-6-18-14(10-13)7-9-31-18/h3-6,10,12,19H,1-2,7-9,11H2,(H,26,29)(H,27,28). The average molecular weight is 434 g/mol. The van der Waals surface area contributed by atoms with Gasteiger partial charge < -0.3 is 20.1 Å². The van der Waals surface area contributed by atoms with Crippen LogP contribution in [0.15, 0.2) is 36.4 Å². The molecule has 1 unspecified atom stereocenters. The summed E-state index contributed by atoms with van der Waals surface area (Å²) >= 11 is 0. The Kier molecular flexibility index (Phi) is 5.86. The van der Waals surface area contributed by atoms with Crippen molar-refractivity contribution in [2.24, 2.45) is 0 Å². The molecule has 2 N–H and O–H groups in total. The van der Waals surface area contributed by atoms with E-state index in [9.17, 15) is 22.8 Å². The summed E-state index contributed by atoms with van der Waals surface area (Å²) in [5, 5.41) is 4.79. The molecule has 0 spiro atoms. The summed E-state index contributed by atoms with van der Waals surface area (Å²) in [6.07, 6.45) is -3.44. The highest BCUT2D eigenvalue weighted by atomic mass is 19.4.